The second kappa shape index (κ2) is 4.32. The van der Waals surface area contributed by atoms with E-state index in [4.69, 9.17) is 9.56 Å². The molecule has 0 atom stereocenters. The highest BCUT2D eigenvalue weighted by Gasteiger charge is 2.65. The Morgan fingerprint density at radius 1 is 1.35 bits per heavy atom. The summed E-state index contributed by atoms with van der Waals surface area (Å²) in [5.41, 5.74) is -0.0372. The fourth-order valence-electron chi connectivity index (χ4n) is 2.42. The first-order valence-electron chi connectivity index (χ1n) is 6.02. The van der Waals surface area contributed by atoms with E-state index in [1.807, 2.05) is 0 Å². The number of amides is 1. The zero-order valence-electron chi connectivity index (χ0n) is 11.7. The molecule has 1 amide bonds. The van der Waals surface area contributed by atoms with Crippen molar-refractivity contribution in [3.63, 3.8) is 0 Å². The molecule has 1 heterocycles. The Labute approximate surface area is 126 Å². The minimum atomic E-state index is -3.93. The number of furan rings is 1. The molecule has 0 aromatic carbocycles. The lowest BCUT2D eigenvalue weighted by atomic mass is 10.0. The average molecular weight is 365 g/mol. The Morgan fingerprint density at radius 2 is 1.85 bits per heavy atom. The lowest BCUT2D eigenvalue weighted by Crippen LogP contribution is -2.29. The summed E-state index contributed by atoms with van der Waals surface area (Å²) in [6.45, 7) is 8.25. The van der Waals surface area contributed by atoms with E-state index in [1.54, 1.807) is 0 Å². The molecular weight excluding hydrogens is 348 g/mol. The number of rotatable bonds is 3. The Bertz CT molecular complexity index is 662. The van der Waals surface area contributed by atoms with Crippen molar-refractivity contribution in [3.8, 4) is 0 Å². The zero-order valence-corrected chi connectivity index (χ0v) is 14.1. The molecular formula is C12H17BrN2O4S. The van der Waals surface area contributed by atoms with Crippen molar-refractivity contribution < 1.29 is 17.6 Å². The summed E-state index contributed by atoms with van der Waals surface area (Å²) >= 11 is 2.94. The van der Waals surface area contributed by atoms with Gasteiger partial charge in [-0.3, -0.25) is 4.79 Å². The predicted molar refractivity (Wildman–Crippen MR) is 76.6 cm³/mol. The maximum Gasteiger partial charge on any atom is 0.287 e. The van der Waals surface area contributed by atoms with Crippen LogP contribution in [0.4, 0.5) is 0 Å². The van der Waals surface area contributed by atoms with E-state index in [0.29, 0.717) is 0 Å². The van der Waals surface area contributed by atoms with Gasteiger partial charge in [0.25, 0.3) is 5.91 Å². The Kier molecular flexibility index (Phi) is 3.35. The third-order valence-electron chi connectivity index (χ3n) is 4.48. The van der Waals surface area contributed by atoms with Crippen LogP contribution in [0.1, 0.15) is 38.2 Å². The van der Waals surface area contributed by atoms with Crippen LogP contribution >= 0.6 is 15.9 Å². The fourth-order valence-corrected chi connectivity index (χ4v) is 3.92. The number of nitrogens with one attached hydrogen (secondary N) is 1. The summed E-state index contributed by atoms with van der Waals surface area (Å²) in [5, 5.41) is 7.87. The van der Waals surface area contributed by atoms with Crippen molar-refractivity contribution in [2.45, 2.75) is 38.6 Å². The number of primary sulfonamides is 1. The van der Waals surface area contributed by atoms with Crippen molar-refractivity contribution in [3.05, 3.63) is 16.5 Å². The van der Waals surface area contributed by atoms with Crippen molar-refractivity contribution >= 4 is 31.9 Å². The molecule has 1 fully saturated rings. The van der Waals surface area contributed by atoms with Gasteiger partial charge in [-0.05, 0) is 26.8 Å². The highest BCUT2D eigenvalue weighted by molar-refractivity contribution is 9.10. The third-order valence-corrected chi connectivity index (χ3v) is 6.25. The van der Waals surface area contributed by atoms with Crippen LogP contribution in [0.15, 0.2) is 20.0 Å². The summed E-state index contributed by atoms with van der Waals surface area (Å²) in [6.07, 6.45) is 0. The minimum Gasteiger partial charge on any atom is -0.443 e. The molecule has 0 saturated heterocycles. The monoisotopic (exact) mass is 364 g/mol. The van der Waals surface area contributed by atoms with Crippen molar-refractivity contribution in [2.24, 2.45) is 16.0 Å². The zero-order chi connectivity index (χ0) is 15.5. The molecule has 8 heteroatoms. The van der Waals surface area contributed by atoms with Crippen LogP contribution < -0.4 is 10.5 Å². The van der Waals surface area contributed by atoms with Crippen molar-refractivity contribution in [1.82, 2.24) is 5.32 Å². The molecule has 0 unspecified atom stereocenters. The summed E-state index contributed by atoms with van der Waals surface area (Å²) in [7, 11) is -3.93. The van der Waals surface area contributed by atoms with Gasteiger partial charge in [0.05, 0.1) is 0 Å². The van der Waals surface area contributed by atoms with Gasteiger partial charge in [0.2, 0.25) is 10.0 Å². The van der Waals surface area contributed by atoms with Crippen LogP contribution in [-0.4, -0.2) is 20.4 Å². The normalized spacial score (nSPS) is 20.7. The van der Waals surface area contributed by atoms with Crippen LogP contribution in [0.5, 0.6) is 0 Å². The first-order valence-corrected chi connectivity index (χ1v) is 8.36. The molecule has 6 nitrogen and oxygen atoms in total. The second-order valence-electron chi connectivity index (χ2n) is 6.14. The number of hydrogen-bond acceptors (Lipinski definition) is 4. The summed E-state index contributed by atoms with van der Waals surface area (Å²) in [4.78, 5) is 11.9. The second-order valence-corrected chi connectivity index (χ2v) is 8.39. The number of hydrogen-bond donors (Lipinski definition) is 2. The van der Waals surface area contributed by atoms with Crippen molar-refractivity contribution in [1.29, 1.82) is 0 Å². The first kappa shape index (κ1) is 15.5. The molecule has 1 aliphatic rings. The van der Waals surface area contributed by atoms with Crippen molar-refractivity contribution in [2.75, 3.05) is 0 Å². The predicted octanol–water partition coefficient (Wildman–Crippen LogP) is 1.85. The standard InChI is InChI=1S/C12H17BrN2O4S/c1-11(2)10(12(11,3)4)15-9(16)6-5-7(8(13)19-6)20(14,17)18/h5,10H,1-4H3,(H,15,16)(H2,14,17,18). The smallest absolute Gasteiger partial charge is 0.287 e. The number of carbonyl (C=O) groups excluding carboxylic acids is 1. The fraction of sp³-hybridized carbons (Fsp3) is 0.583. The average Bonchev–Trinajstić information content (AvgIpc) is 2.64. The van der Waals surface area contributed by atoms with E-state index >= 15 is 0 Å². The Morgan fingerprint density at radius 3 is 2.20 bits per heavy atom. The van der Waals surface area contributed by atoms with Gasteiger partial charge in [-0.1, -0.05) is 27.7 Å². The van der Waals surface area contributed by atoms with E-state index in [-0.39, 0.29) is 32.2 Å². The molecule has 3 N–H and O–H groups in total. The van der Waals surface area contributed by atoms with Gasteiger partial charge in [0, 0.05) is 12.1 Å². The van der Waals surface area contributed by atoms with Gasteiger partial charge in [0.15, 0.2) is 10.4 Å². The molecule has 1 aliphatic carbocycles. The number of carbonyl (C=O) groups is 1. The molecule has 2 rings (SSSR count). The topological polar surface area (TPSA) is 102 Å². The van der Waals surface area contributed by atoms with Gasteiger partial charge in [0.1, 0.15) is 4.90 Å². The lowest BCUT2D eigenvalue weighted by Gasteiger charge is -2.04. The molecule has 1 aromatic heterocycles. The molecule has 1 saturated carbocycles. The highest BCUT2D eigenvalue weighted by atomic mass is 79.9. The summed E-state index contributed by atoms with van der Waals surface area (Å²) < 4.78 is 27.6. The van der Waals surface area contributed by atoms with Crippen LogP contribution in [0.2, 0.25) is 0 Å². The highest BCUT2D eigenvalue weighted by Crippen LogP contribution is 2.62. The molecule has 0 bridgehead atoms. The number of halogens is 1. The first-order chi connectivity index (χ1) is 8.89. The minimum absolute atomic E-state index is 0.00399. The molecule has 112 valence electrons. The maximum absolute atomic E-state index is 12.1. The van der Waals surface area contributed by atoms with Crippen LogP contribution in [0.25, 0.3) is 0 Å². The molecule has 1 aromatic rings. The quantitative estimate of drug-likeness (QED) is 0.853. The van der Waals surface area contributed by atoms with E-state index in [1.165, 1.54) is 0 Å². The number of nitrogens with two attached hydrogens (primary N) is 1. The van der Waals surface area contributed by atoms with Gasteiger partial charge in [-0.25, -0.2) is 13.6 Å². The van der Waals surface area contributed by atoms with Crippen LogP contribution in [-0.2, 0) is 10.0 Å². The molecule has 0 aliphatic heterocycles. The van der Waals surface area contributed by atoms with Crippen LogP contribution in [0, 0.1) is 10.8 Å². The van der Waals surface area contributed by atoms with E-state index < -0.39 is 15.9 Å². The summed E-state index contributed by atoms with van der Waals surface area (Å²) in [5.74, 6) is -0.538. The number of sulfonamides is 1. The van der Waals surface area contributed by atoms with Gasteiger partial charge >= 0.3 is 0 Å². The maximum atomic E-state index is 12.1. The van der Waals surface area contributed by atoms with Gasteiger partial charge in [-0.2, -0.15) is 0 Å². The molecule has 0 radical (unpaired) electrons. The third kappa shape index (κ3) is 2.29. The van der Waals surface area contributed by atoms with E-state index in [9.17, 15) is 13.2 Å². The SMILES string of the molecule is CC1(C)C(NC(=O)c2cc(S(N)(=O)=O)c(Br)o2)C1(C)C. The van der Waals surface area contributed by atoms with Gasteiger partial charge in [-0.15, -0.1) is 0 Å². The Hall–Kier alpha value is -0.860. The largest absolute Gasteiger partial charge is 0.443 e. The van der Waals surface area contributed by atoms with Gasteiger partial charge < -0.3 is 9.73 Å². The van der Waals surface area contributed by atoms with E-state index in [2.05, 4.69) is 48.9 Å². The van der Waals surface area contributed by atoms with E-state index in [0.717, 1.165) is 6.07 Å². The summed E-state index contributed by atoms with van der Waals surface area (Å²) in [6, 6.07) is 1.13. The van der Waals surface area contributed by atoms with Crippen LogP contribution in [0.3, 0.4) is 0 Å². The molecule has 0 spiro atoms. The lowest BCUT2D eigenvalue weighted by molar-refractivity contribution is 0.0914. The Balaban J connectivity index is 2.21. The molecule has 20 heavy (non-hydrogen) atoms.